The standard InChI is InChI=1S/C17H22N2O3/c1-12(11-20)10-18-16(21)9-4-13-2-5-14(6-3-13)17(22)19-15-7-8-15/h2-6,9,12,15,20H,7-8,10-11H2,1H3,(H,18,21)(H,19,22)/b9-4+. The van der Waals surface area contributed by atoms with E-state index in [-0.39, 0.29) is 24.3 Å². The second-order valence-corrected chi connectivity index (χ2v) is 5.74. The van der Waals surface area contributed by atoms with Crippen LogP contribution in [-0.4, -0.2) is 36.1 Å². The predicted octanol–water partition coefficient (Wildman–Crippen LogP) is 1.34. The molecule has 5 heteroatoms. The Hall–Kier alpha value is -2.14. The van der Waals surface area contributed by atoms with E-state index in [2.05, 4.69) is 10.6 Å². The van der Waals surface area contributed by atoms with Crippen LogP contribution < -0.4 is 10.6 Å². The molecule has 1 aromatic rings. The number of carbonyl (C=O) groups is 2. The molecule has 1 aromatic carbocycles. The van der Waals surface area contributed by atoms with Crippen molar-refractivity contribution in [3.05, 3.63) is 41.5 Å². The van der Waals surface area contributed by atoms with Gasteiger partial charge in [0, 0.05) is 30.8 Å². The number of aliphatic hydroxyl groups excluding tert-OH is 1. The predicted molar refractivity (Wildman–Crippen MR) is 85.2 cm³/mol. The Bertz CT molecular complexity index is 548. The summed E-state index contributed by atoms with van der Waals surface area (Å²) in [4.78, 5) is 23.4. The summed E-state index contributed by atoms with van der Waals surface area (Å²) in [5, 5.41) is 14.5. The monoisotopic (exact) mass is 302 g/mol. The number of nitrogens with one attached hydrogen (secondary N) is 2. The van der Waals surface area contributed by atoms with Gasteiger partial charge < -0.3 is 15.7 Å². The third-order valence-electron chi connectivity index (χ3n) is 3.45. The highest BCUT2D eigenvalue weighted by atomic mass is 16.3. The Morgan fingerprint density at radius 1 is 1.32 bits per heavy atom. The molecule has 5 nitrogen and oxygen atoms in total. The Morgan fingerprint density at radius 2 is 2.00 bits per heavy atom. The van der Waals surface area contributed by atoms with E-state index in [0.717, 1.165) is 18.4 Å². The number of hydrogen-bond donors (Lipinski definition) is 3. The molecule has 1 atom stereocenters. The molecule has 1 fully saturated rings. The topological polar surface area (TPSA) is 78.4 Å². The molecule has 2 amide bonds. The number of hydrogen-bond acceptors (Lipinski definition) is 3. The van der Waals surface area contributed by atoms with Crippen LogP contribution in [0.2, 0.25) is 0 Å². The van der Waals surface area contributed by atoms with E-state index < -0.39 is 0 Å². The van der Waals surface area contributed by atoms with Crippen LogP contribution in [0, 0.1) is 5.92 Å². The van der Waals surface area contributed by atoms with E-state index in [4.69, 9.17) is 5.11 Å². The highest BCUT2D eigenvalue weighted by molar-refractivity contribution is 5.95. The molecule has 0 heterocycles. The average molecular weight is 302 g/mol. The first-order valence-electron chi connectivity index (χ1n) is 7.56. The van der Waals surface area contributed by atoms with Gasteiger partial charge in [-0.15, -0.1) is 0 Å². The van der Waals surface area contributed by atoms with E-state index in [1.54, 1.807) is 18.2 Å². The molecule has 22 heavy (non-hydrogen) atoms. The molecule has 1 saturated carbocycles. The van der Waals surface area contributed by atoms with Gasteiger partial charge in [0.25, 0.3) is 5.91 Å². The van der Waals surface area contributed by atoms with Crippen molar-refractivity contribution in [3.63, 3.8) is 0 Å². The van der Waals surface area contributed by atoms with Gasteiger partial charge in [-0.1, -0.05) is 19.1 Å². The van der Waals surface area contributed by atoms with Crippen molar-refractivity contribution in [1.82, 2.24) is 10.6 Å². The Kier molecular flexibility index (Phi) is 5.72. The molecule has 1 unspecified atom stereocenters. The lowest BCUT2D eigenvalue weighted by Crippen LogP contribution is -2.27. The van der Waals surface area contributed by atoms with Gasteiger partial charge in [0.1, 0.15) is 0 Å². The minimum atomic E-state index is -0.198. The van der Waals surface area contributed by atoms with Crippen molar-refractivity contribution >= 4 is 17.9 Å². The summed E-state index contributed by atoms with van der Waals surface area (Å²) in [6, 6.07) is 7.47. The lowest BCUT2D eigenvalue weighted by atomic mass is 10.1. The molecule has 0 aliphatic heterocycles. The van der Waals surface area contributed by atoms with Gasteiger partial charge in [0.05, 0.1) is 0 Å². The Morgan fingerprint density at radius 3 is 2.59 bits per heavy atom. The molecule has 0 saturated heterocycles. The van der Waals surface area contributed by atoms with Crippen LogP contribution in [-0.2, 0) is 4.79 Å². The van der Waals surface area contributed by atoms with Crippen molar-refractivity contribution in [2.24, 2.45) is 5.92 Å². The molecular formula is C17H22N2O3. The quantitative estimate of drug-likeness (QED) is 0.665. The zero-order valence-electron chi connectivity index (χ0n) is 12.7. The first-order valence-corrected chi connectivity index (χ1v) is 7.56. The third-order valence-corrected chi connectivity index (χ3v) is 3.45. The smallest absolute Gasteiger partial charge is 0.251 e. The van der Waals surface area contributed by atoms with E-state index in [0.29, 0.717) is 18.2 Å². The van der Waals surface area contributed by atoms with Gasteiger partial charge in [-0.25, -0.2) is 0 Å². The molecular weight excluding hydrogens is 280 g/mol. The van der Waals surface area contributed by atoms with Crippen LogP contribution in [0.3, 0.4) is 0 Å². The maximum Gasteiger partial charge on any atom is 0.251 e. The highest BCUT2D eigenvalue weighted by Gasteiger charge is 2.23. The van der Waals surface area contributed by atoms with Crippen LogP contribution in [0.4, 0.5) is 0 Å². The highest BCUT2D eigenvalue weighted by Crippen LogP contribution is 2.19. The lowest BCUT2D eigenvalue weighted by molar-refractivity contribution is -0.116. The third kappa shape index (κ3) is 5.33. The van der Waals surface area contributed by atoms with E-state index in [9.17, 15) is 9.59 Å². The molecule has 0 radical (unpaired) electrons. The molecule has 0 aromatic heterocycles. The fourth-order valence-corrected chi connectivity index (χ4v) is 1.81. The van der Waals surface area contributed by atoms with Crippen LogP contribution >= 0.6 is 0 Å². The molecule has 1 aliphatic rings. The fraction of sp³-hybridized carbons (Fsp3) is 0.412. The lowest BCUT2D eigenvalue weighted by Gasteiger charge is -2.07. The number of amides is 2. The molecule has 0 bridgehead atoms. The maximum absolute atomic E-state index is 11.8. The molecule has 118 valence electrons. The first-order chi connectivity index (χ1) is 10.6. The van der Waals surface area contributed by atoms with E-state index >= 15 is 0 Å². The van der Waals surface area contributed by atoms with Gasteiger partial charge in [-0.2, -0.15) is 0 Å². The van der Waals surface area contributed by atoms with Crippen molar-refractivity contribution < 1.29 is 14.7 Å². The summed E-state index contributed by atoms with van der Waals surface area (Å²) in [5.74, 6) is -0.203. The summed E-state index contributed by atoms with van der Waals surface area (Å²) in [5.41, 5.74) is 1.48. The molecule has 3 N–H and O–H groups in total. The molecule has 2 rings (SSSR count). The summed E-state index contributed by atoms with van der Waals surface area (Å²) >= 11 is 0. The number of aliphatic hydroxyl groups is 1. The zero-order chi connectivity index (χ0) is 15.9. The van der Waals surface area contributed by atoms with Gasteiger partial charge in [0.15, 0.2) is 0 Å². The van der Waals surface area contributed by atoms with Gasteiger partial charge in [-0.3, -0.25) is 9.59 Å². The average Bonchev–Trinajstić information content (AvgIpc) is 3.34. The van der Waals surface area contributed by atoms with Gasteiger partial charge in [-0.05, 0) is 42.5 Å². The van der Waals surface area contributed by atoms with Crippen LogP contribution in [0.15, 0.2) is 30.3 Å². The second kappa shape index (κ2) is 7.75. The summed E-state index contributed by atoms with van der Waals surface area (Å²) < 4.78 is 0. The Labute approximate surface area is 130 Å². The van der Waals surface area contributed by atoms with Crippen LogP contribution in [0.25, 0.3) is 6.08 Å². The second-order valence-electron chi connectivity index (χ2n) is 5.74. The normalized spacial score (nSPS) is 15.5. The van der Waals surface area contributed by atoms with E-state index in [1.807, 2.05) is 19.1 Å². The minimum absolute atomic E-state index is 0.0432. The maximum atomic E-state index is 11.8. The van der Waals surface area contributed by atoms with Gasteiger partial charge in [0.2, 0.25) is 5.91 Å². The Balaban J connectivity index is 1.83. The SMILES string of the molecule is CC(CO)CNC(=O)/C=C/c1ccc(C(=O)NC2CC2)cc1. The number of carbonyl (C=O) groups excluding carboxylic acids is 2. The minimum Gasteiger partial charge on any atom is -0.396 e. The largest absolute Gasteiger partial charge is 0.396 e. The summed E-state index contributed by atoms with van der Waals surface area (Å²) in [6.07, 6.45) is 5.28. The van der Waals surface area contributed by atoms with Crippen molar-refractivity contribution in [3.8, 4) is 0 Å². The van der Waals surface area contributed by atoms with Crippen molar-refractivity contribution in [1.29, 1.82) is 0 Å². The van der Waals surface area contributed by atoms with Crippen molar-refractivity contribution in [2.45, 2.75) is 25.8 Å². The summed E-state index contributed by atoms with van der Waals surface area (Å²) in [7, 11) is 0. The van der Waals surface area contributed by atoms with Crippen LogP contribution in [0.5, 0.6) is 0 Å². The van der Waals surface area contributed by atoms with Crippen molar-refractivity contribution in [2.75, 3.05) is 13.2 Å². The van der Waals surface area contributed by atoms with Crippen LogP contribution in [0.1, 0.15) is 35.7 Å². The molecule has 1 aliphatic carbocycles. The van der Waals surface area contributed by atoms with E-state index in [1.165, 1.54) is 6.08 Å². The van der Waals surface area contributed by atoms with Gasteiger partial charge >= 0.3 is 0 Å². The zero-order valence-corrected chi connectivity index (χ0v) is 12.7. The number of benzene rings is 1. The fourth-order valence-electron chi connectivity index (χ4n) is 1.81. The number of rotatable bonds is 7. The first kappa shape index (κ1) is 16.2. The molecule has 0 spiro atoms. The summed E-state index contributed by atoms with van der Waals surface area (Å²) in [6.45, 7) is 2.35.